The first-order valence-electron chi connectivity index (χ1n) is 5.78. The third-order valence-electron chi connectivity index (χ3n) is 2.90. The first-order chi connectivity index (χ1) is 8.60. The number of aryl methyl sites for hydroxylation is 2. The SMILES string of the molecule is Cc1nc(Cc2ccc(F)cc2)nc(C)c1CO. The van der Waals surface area contributed by atoms with Crippen LogP contribution in [0.1, 0.15) is 28.3 Å². The number of aliphatic hydroxyl groups is 1. The zero-order valence-corrected chi connectivity index (χ0v) is 10.4. The van der Waals surface area contributed by atoms with E-state index in [0.29, 0.717) is 12.2 Å². The van der Waals surface area contributed by atoms with Crippen LogP contribution in [0.2, 0.25) is 0 Å². The molecule has 0 saturated carbocycles. The van der Waals surface area contributed by atoms with E-state index in [1.54, 1.807) is 12.1 Å². The van der Waals surface area contributed by atoms with Crippen LogP contribution in [-0.2, 0) is 13.0 Å². The van der Waals surface area contributed by atoms with E-state index in [1.165, 1.54) is 12.1 Å². The summed E-state index contributed by atoms with van der Waals surface area (Å²) in [5.74, 6) is 0.441. The molecule has 4 heteroatoms. The molecule has 94 valence electrons. The molecule has 0 aliphatic rings. The number of aromatic nitrogens is 2. The van der Waals surface area contributed by atoms with Crippen molar-refractivity contribution < 1.29 is 9.50 Å². The van der Waals surface area contributed by atoms with Crippen LogP contribution in [0.25, 0.3) is 0 Å². The van der Waals surface area contributed by atoms with E-state index >= 15 is 0 Å². The van der Waals surface area contributed by atoms with Crippen LogP contribution in [0.3, 0.4) is 0 Å². The van der Waals surface area contributed by atoms with Crippen molar-refractivity contribution in [1.29, 1.82) is 0 Å². The largest absolute Gasteiger partial charge is 0.392 e. The van der Waals surface area contributed by atoms with Crippen molar-refractivity contribution in [2.24, 2.45) is 0 Å². The Labute approximate surface area is 105 Å². The van der Waals surface area contributed by atoms with Gasteiger partial charge in [-0.05, 0) is 31.5 Å². The first-order valence-corrected chi connectivity index (χ1v) is 5.78. The molecule has 0 saturated heterocycles. The minimum Gasteiger partial charge on any atom is -0.392 e. The van der Waals surface area contributed by atoms with E-state index in [-0.39, 0.29) is 12.4 Å². The molecule has 0 radical (unpaired) electrons. The third-order valence-corrected chi connectivity index (χ3v) is 2.90. The van der Waals surface area contributed by atoms with Gasteiger partial charge >= 0.3 is 0 Å². The molecule has 0 atom stereocenters. The number of rotatable bonds is 3. The van der Waals surface area contributed by atoms with Crippen molar-refractivity contribution in [2.75, 3.05) is 0 Å². The molecular formula is C14H15FN2O. The number of hydrogen-bond donors (Lipinski definition) is 1. The number of hydrogen-bond acceptors (Lipinski definition) is 3. The highest BCUT2D eigenvalue weighted by molar-refractivity contribution is 5.26. The van der Waals surface area contributed by atoms with Crippen molar-refractivity contribution in [2.45, 2.75) is 26.9 Å². The van der Waals surface area contributed by atoms with Gasteiger partial charge in [0.1, 0.15) is 11.6 Å². The van der Waals surface area contributed by atoms with Gasteiger partial charge < -0.3 is 5.11 Å². The molecule has 0 spiro atoms. The molecule has 2 rings (SSSR count). The first kappa shape index (κ1) is 12.6. The predicted octanol–water partition coefficient (Wildman–Crippen LogP) is 2.32. The summed E-state index contributed by atoms with van der Waals surface area (Å²) in [5, 5.41) is 9.19. The van der Waals surface area contributed by atoms with Gasteiger partial charge in [0.05, 0.1) is 6.61 Å². The van der Waals surface area contributed by atoms with Crippen LogP contribution >= 0.6 is 0 Å². The van der Waals surface area contributed by atoms with Crippen LogP contribution in [0.4, 0.5) is 4.39 Å². The normalized spacial score (nSPS) is 10.7. The van der Waals surface area contributed by atoms with Crippen LogP contribution in [0.5, 0.6) is 0 Å². The van der Waals surface area contributed by atoms with Gasteiger partial charge in [0.2, 0.25) is 0 Å². The fourth-order valence-electron chi connectivity index (χ4n) is 1.90. The average molecular weight is 246 g/mol. The Morgan fingerprint density at radius 3 is 2.11 bits per heavy atom. The molecular weight excluding hydrogens is 231 g/mol. The number of halogens is 1. The highest BCUT2D eigenvalue weighted by Crippen LogP contribution is 2.13. The molecule has 0 aliphatic carbocycles. The fourth-order valence-corrected chi connectivity index (χ4v) is 1.90. The minimum atomic E-state index is -0.248. The second-order valence-electron chi connectivity index (χ2n) is 4.25. The van der Waals surface area contributed by atoms with E-state index in [1.807, 2.05) is 13.8 Å². The van der Waals surface area contributed by atoms with Gasteiger partial charge in [-0.1, -0.05) is 12.1 Å². The lowest BCUT2D eigenvalue weighted by Crippen LogP contribution is -2.06. The topological polar surface area (TPSA) is 46.0 Å². The molecule has 0 bridgehead atoms. The Kier molecular flexibility index (Phi) is 3.67. The standard InChI is InChI=1S/C14H15FN2O/c1-9-13(8-18)10(2)17-14(16-9)7-11-3-5-12(15)6-4-11/h3-6,18H,7-8H2,1-2H3. The summed E-state index contributed by atoms with van der Waals surface area (Å²) in [6.07, 6.45) is 0.563. The van der Waals surface area contributed by atoms with E-state index in [4.69, 9.17) is 0 Å². The van der Waals surface area contributed by atoms with Gasteiger partial charge in [-0.2, -0.15) is 0 Å². The summed E-state index contributed by atoms with van der Waals surface area (Å²) < 4.78 is 12.8. The summed E-state index contributed by atoms with van der Waals surface area (Å²) >= 11 is 0. The van der Waals surface area contributed by atoms with E-state index < -0.39 is 0 Å². The number of benzene rings is 1. The molecule has 0 amide bonds. The second kappa shape index (κ2) is 5.23. The molecule has 18 heavy (non-hydrogen) atoms. The van der Waals surface area contributed by atoms with Gasteiger partial charge in [-0.15, -0.1) is 0 Å². The van der Waals surface area contributed by atoms with Gasteiger partial charge in [-0.25, -0.2) is 14.4 Å². The molecule has 0 fully saturated rings. The van der Waals surface area contributed by atoms with Crippen LogP contribution in [0, 0.1) is 19.7 Å². The number of nitrogens with zero attached hydrogens (tertiary/aromatic N) is 2. The highest BCUT2D eigenvalue weighted by atomic mass is 19.1. The monoisotopic (exact) mass is 246 g/mol. The van der Waals surface area contributed by atoms with E-state index in [0.717, 1.165) is 22.5 Å². The quantitative estimate of drug-likeness (QED) is 0.904. The summed E-state index contributed by atoms with van der Waals surface area (Å²) in [7, 11) is 0. The van der Waals surface area contributed by atoms with Crippen LogP contribution < -0.4 is 0 Å². The van der Waals surface area contributed by atoms with Gasteiger partial charge in [-0.3, -0.25) is 0 Å². The Morgan fingerprint density at radius 2 is 1.61 bits per heavy atom. The molecule has 1 aromatic carbocycles. The van der Waals surface area contributed by atoms with Crippen molar-refractivity contribution in [1.82, 2.24) is 9.97 Å². The second-order valence-corrected chi connectivity index (χ2v) is 4.25. The Morgan fingerprint density at radius 1 is 1.06 bits per heavy atom. The molecule has 1 aromatic heterocycles. The van der Waals surface area contributed by atoms with Crippen molar-refractivity contribution in [3.63, 3.8) is 0 Å². The molecule has 1 N–H and O–H groups in total. The zero-order valence-electron chi connectivity index (χ0n) is 10.4. The summed E-state index contributed by atoms with van der Waals surface area (Å²) in [6.45, 7) is 3.66. The smallest absolute Gasteiger partial charge is 0.133 e. The maximum Gasteiger partial charge on any atom is 0.133 e. The zero-order chi connectivity index (χ0) is 13.1. The van der Waals surface area contributed by atoms with Gasteiger partial charge in [0.25, 0.3) is 0 Å². The maximum atomic E-state index is 12.8. The highest BCUT2D eigenvalue weighted by Gasteiger charge is 2.08. The summed E-state index contributed by atoms with van der Waals surface area (Å²) in [6, 6.07) is 6.31. The Balaban J connectivity index is 2.27. The van der Waals surface area contributed by atoms with Gasteiger partial charge in [0, 0.05) is 23.4 Å². The molecule has 1 heterocycles. The summed E-state index contributed by atoms with van der Waals surface area (Å²) in [4.78, 5) is 8.72. The molecule has 0 aliphatic heterocycles. The van der Waals surface area contributed by atoms with E-state index in [2.05, 4.69) is 9.97 Å². The van der Waals surface area contributed by atoms with Gasteiger partial charge in [0.15, 0.2) is 0 Å². The average Bonchev–Trinajstić information content (AvgIpc) is 2.32. The Hall–Kier alpha value is -1.81. The number of aliphatic hydroxyl groups excluding tert-OH is 1. The fraction of sp³-hybridized carbons (Fsp3) is 0.286. The van der Waals surface area contributed by atoms with Crippen molar-refractivity contribution >= 4 is 0 Å². The molecule has 2 aromatic rings. The van der Waals surface area contributed by atoms with Crippen LogP contribution in [0.15, 0.2) is 24.3 Å². The lowest BCUT2D eigenvalue weighted by Gasteiger charge is -2.08. The third kappa shape index (κ3) is 2.71. The van der Waals surface area contributed by atoms with Crippen molar-refractivity contribution in [3.05, 3.63) is 58.4 Å². The maximum absolute atomic E-state index is 12.8. The lowest BCUT2D eigenvalue weighted by molar-refractivity contribution is 0.279. The lowest BCUT2D eigenvalue weighted by atomic mass is 10.1. The summed E-state index contributed by atoms with van der Waals surface area (Å²) in [5.41, 5.74) is 3.33. The molecule has 3 nitrogen and oxygen atoms in total. The minimum absolute atomic E-state index is 0.0471. The predicted molar refractivity (Wildman–Crippen MR) is 66.6 cm³/mol. The van der Waals surface area contributed by atoms with E-state index in [9.17, 15) is 9.50 Å². The van der Waals surface area contributed by atoms with Crippen molar-refractivity contribution in [3.8, 4) is 0 Å². The molecule has 0 unspecified atom stereocenters. The Bertz CT molecular complexity index is 529. The van der Waals surface area contributed by atoms with Crippen LogP contribution in [-0.4, -0.2) is 15.1 Å².